The first-order valence-corrected chi connectivity index (χ1v) is 3.49. The van der Waals surface area contributed by atoms with Gasteiger partial charge in [-0.2, -0.15) is 5.10 Å². The monoisotopic (exact) mass is 170 g/mol. The second-order valence-electron chi connectivity index (χ2n) is 2.50. The first kappa shape index (κ1) is 8.73. The molecule has 5 nitrogen and oxygen atoms in total. The topological polar surface area (TPSA) is 75.3 Å². The van der Waals surface area contributed by atoms with Gasteiger partial charge in [0, 0.05) is 25.4 Å². The van der Waals surface area contributed by atoms with Gasteiger partial charge in [-0.3, -0.25) is 4.68 Å². The summed E-state index contributed by atoms with van der Waals surface area (Å²) in [5.41, 5.74) is 0.699. The number of carbonyl (C=O) groups is 1. The van der Waals surface area contributed by atoms with Crippen LogP contribution in [0.3, 0.4) is 0 Å². The summed E-state index contributed by atoms with van der Waals surface area (Å²) in [5.74, 6) is -1.21. The van der Waals surface area contributed by atoms with Crippen molar-refractivity contribution in [1.82, 2.24) is 9.78 Å². The van der Waals surface area contributed by atoms with E-state index in [-0.39, 0.29) is 6.42 Å². The van der Waals surface area contributed by atoms with Crippen LogP contribution < -0.4 is 0 Å². The number of aromatic nitrogens is 2. The third kappa shape index (κ3) is 1.82. The average molecular weight is 170 g/mol. The number of aliphatic hydroxyl groups excluding tert-OH is 1. The second-order valence-corrected chi connectivity index (χ2v) is 2.50. The van der Waals surface area contributed by atoms with Crippen molar-refractivity contribution in [2.45, 2.75) is 12.5 Å². The van der Waals surface area contributed by atoms with Crippen LogP contribution in [-0.4, -0.2) is 32.1 Å². The molecule has 0 aliphatic rings. The number of aliphatic carboxylic acids is 1. The van der Waals surface area contributed by atoms with E-state index in [0.717, 1.165) is 0 Å². The van der Waals surface area contributed by atoms with E-state index in [4.69, 9.17) is 10.2 Å². The van der Waals surface area contributed by atoms with Crippen LogP contribution in [0.2, 0.25) is 0 Å². The minimum atomic E-state index is -1.35. The third-order valence-electron chi connectivity index (χ3n) is 1.61. The van der Waals surface area contributed by atoms with Crippen LogP contribution in [0.4, 0.5) is 0 Å². The Morgan fingerprint density at radius 3 is 2.92 bits per heavy atom. The number of carboxylic acid groups (broad SMARTS) is 1. The lowest BCUT2D eigenvalue weighted by Gasteiger charge is -2.04. The van der Waals surface area contributed by atoms with Crippen LogP contribution in [0.15, 0.2) is 12.3 Å². The highest BCUT2D eigenvalue weighted by molar-refractivity contribution is 5.72. The van der Waals surface area contributed by atoms with Crippen molar-refractivity contribution < 1.29 is 15.0 Å². The SMILES string of the molecule is Cn1nccc1C[C@@H](O)C(=O)O. The largest absolute Gasteiger partial charge is 0.479 e. The molecule has 1 rings (SSSR count). The highest BCUT2D eigenvalue weighted by atomic mass is 16.4. The number of carboxylic acids is 1. The van der Waals surface area contributed by atoms with E-state index >= 15 is 0 Å². The van der Waals surface area contributed by atoms with Gasteiger partial charge in [-0.25, -0.2) is 4.79 Å². The molecule has 0 aliphatic carbocycles. The molecule has 2 N–H and O–H groups in total. The molecule has 0 fully saturated rings. The van der Waals surface area contributed by atoms with Crippen molar-refractivity contribution >= 4 is 5.97 Å². The maximum absolute atomic E-state index is 10.3. The molecule has 0 unspecified atom stereocenters. The molecule has 1 aromatic rings. The molecule has 0 saturated carbocycles. The third-order valence-corrected chi connectivity index (χ3v) is 1.61. The lowest BCUT2D eigenvalue weighted by atomic mass is 10.2. The van der Waals surface area contributed by atoms with Crippen LogP contribution in [-0.2, 0) is 18.3 Å². The Bertz CT molecular complexity index is 282. The predicted octanol–water partition coefficient (Wildman–Crippen LogP) is -0.592. The van der Waals surface area contributed by atoms with Gasteiger partial charge in [0.15, 0.2) is 6.10 Å². The van der Waals surface area contributed by atoms with Crippen molar-refractivity contribution in [1.29, 1.82) is 0 Å². The van der Waals surface area contributed by atoms with E-state index < -0.39 is 12.1 Å². The highest BCUT2D eigenvalue weighted by Crippen LogP contribution is 2.01. The molecule has 1 aromatic heterocycles. The Morgan fingerprint density at radius 1 is 1.83 bits per heavy atom. The Balaban J connectivity index is 2.64. The molecule has 1 heterocycles. The molecule has 66 valence electrons. The fraction of sp³-hybridized carbons (Fsp3) is 0.429. The lowest BCUT2D eigenvalue weighted by molar-refractivity contribution is -0.146. The van der Waals surface area contributed by atoms with Gasteiger partial charge in [0.25, 0.3) is 0 Å². The molecule has 12 heavy (non-hydrogen) atoms. The Labute approximate surface area is 69.2 Å². The van der Waals surface area contributed by atoms with Crippen molar-refractivity contribution in [3.8, 4) is 0 Å². The van der Waals surface area contributed by atoms with E-state index in [2.05, 4.69) is 5.10 Å². The van der Waals surface area contributed by atoms with Gasteiger partial charge in [-0.05, 0) is 6.07 Å². The summed E-state index contributed by atoms with van der Waals surface area (Å²) < 4.78 is 1.53. The summed E-state index contributed by atoms with van der Waals surface area (Å²) in [6.45, 7) is 0. The smallest absolute Gasteiger partial charge is 0.332 e. The molecule has 0 radical (unpaired) electrons. The zero-order valence-electron chi connectivity index (χ0n) is 6.64. The normalized spacial score (nSPS) is 12.8. The van der Waals surface area contributed by atoms with Crippen molar-refractivity contribution in [3.63, 3.8) is 0 Å². The number of rotatable bonds is 3. The molecule has 0 aromatic carbocycles. The zero-order chi connectivity index (χ0) is 9.14. The van der Waals surface area contributed by atoms with Crippen molar-refractivity contribution in [3.05, 3.63) is 18.0 Å². The molecule has 0 saturated heterocycles. The summed E-state index contributed by atoms with van der Waals surface area (Å²) >= 11 is 0. The fourth-order valence-corrected chi connectivity index (χ4v) is 0.887. The van der Waals surface area contributed by atoms with E-state index in [0.29, 0.717) is 5.69 Å². The number of hydrogen-bond acceptors (Lipinski definition) is 3. The van der Waals surface area contributed by atoms with E-state index in [1.54, 1.807) is 19.3 Å². The summed E-state index contributed by atoms with van der Waals surface area (Å²) in [7, 11) is 1.70. The molecule has 0 bridgehead atoms. The van der Waals surface area contributed by atoms with Gasteiger partial charge < -0.3 is 10.2 Å². The van der Waals surface area contributed by atoms with Crippen LogP contribution in [0.1, 0.15) is 5.69 Å². The average Bonchev–Trinajstić information content (AvgIpc) is 2.36. The molecule has 0 amide bonds. The Hall–Kier alpha value is -1.36. The fourth-order valence-electron chi connectivity index (χ4n) is 0.887. The maximum Gasteiger partial charge on any atom is 0.332 e. The molecular formula is C7H10N2O3. The predicted molar refractivity (Wildman–Crippen MR) is 40.6 cm³/mol. The van der Waals surface area contributed by atoms with E-state index in [9.17, 15) is 4.79 Å². The number of aryl methyl sites for hydroxylation is 1. The quantitative estimate of drug-likeness (QED) is 0.635. The van der Waals surface area contributed by atoms with Gasteiger partial charge in [-0.15, -0.1) is 0 Å². The minimum Gasteiger partial charge on any atom is -0.479 e. The lowest BCUT2D eigenvalue weighted by Crippen LogP contribution is -2.23. The van der Waals surface area contributed by atoms with E-state index in [1.165, 1.54) is 4.68 Å². The zero-order valence-corrected chi connectivity index (χ0v) is 6.64. The summed E-state index contributed by atoms with van der Waals surface area (Å²) in [6, 6.07) is 1.67. The van der Waals surface area contributed by atoms with Crippen LogP contribution in [0.5, 0.6) is 0 Å². The number of aliphatic hydroxyl groups is 1. The molecule has 5 heteroatoms. The van der Waals surface area contributed by atoms with Gasteiger partial charge >= 0.3 is 5.97 Å². The first-order valence-electron chi connectivity index (χ1n) is 3.49. The molecule has 1 atom stereocenters. The Morgan fingerprint density at radius 2 is 2.50 bits per heavy atom. The van der Waals surface area contributed by atoms with Crippen molar-refractivity contribution in [2.24, 2.45) is 7.05 Å². The number of hydrogen-bond donors (Lipinski definition) is 2. The van der Waals surface area contributed by atoms with Gasteiger partial charge in [-0.1, -0.05) is 0 Å². The van der Waals surface area contributed by atoms with Gasteiger partial charge in [0.1, 0.15) is 0 Å². The molecule has 0 spiro atoms. The van der Waals surface area contributed by atoms with Gasteiger partial charge in [0.2, 0.25) is 0 Å². The Kier molecular flexibility index (Phi) is 2.44. The minimum absolute atomic E-state index is 0.0891. The first-order chi connectivity index (χ1) is 5.61. The maximum atomic E-state index is 10.3. The second kappa shape index (κ2) is 3.36. The highest BCUT2D eigenvalue weighted by Gasteiger charge is 2.14. The molecular weight excluding hydrogens is 160 g/mol. The van der Waals surface area contributed by atoms with Crippen LogP contribution in [0.25, 0.3) is 0 Å². The van der Waals surface area contributed by atoms with Crippen LogP contribution >= 0.6 is 0 Å². The van der Waals surface area contributed by atoms with Gasteiger partial charge in [0.05, 0.1) is 0 Å². The molecule has 0 aliphatic heterocycles. The van der Waals surface area contributed by atoms with Crippen LogP contribution in [0, 0.1) is 0 Å². The van der Waals surface area contributed by atoms with E-state index in [1.807, 2.05) is 0 Å². The number of nitrogens with zero attached hydrogens (tertiary/aromatic N) is 2. The summed E-state index contributed by atoms with van der Waals surface area (Å²) in [5, 5.41) is 21.2. The summed E-state index contributed by atoms with van der Waals surface area (Å²) in [4.78, 5) is 10.3. The van der Waals surface area contributed by atoms with Crippen molar-refractivity contribution in [2.75, 3.05) is 0 Å². The standard InChI is InChI=1S/C7H10N2O3/c1-9-5(2-3-8-9)4-6(10)7(11)12/h2-3,6,10H,4H2,1H3,(H,11,12)/t6-/m1/s1. The summed E-state index contributed by atoms with van der Waals surface area (Å²) in [6.07, 6.45) is 0.302.